The smallest absolute Gasteiger partial charge is 0.336 e. The van der Waals surface area contributed by atoms with Gasteiger partial charge in [-0.1, -0.05) is 13.0 Å². The van der Waals surface area contributed by atoms with Gasteiger partial charge in [-0.15, -0.1) is 0 Å². The first-order valence-corrected chi connectivity index (χ1v) is 10.4. The summed E-state index contributed by atoms with van der Waals surface area (Å²) in [7, 11) is 0. The lowest BCUT2D eigenvalue weighted by Gasteiger charge is -2.19. The Morgan fingerprint density at radius 1 is 1.03 bits per heavy atom. The van der Waals surface area contributed by atoms with E-state index in [1.165, 1.54) is 12.1 Å². The van der Waals surface area contributed by atoms with Gasteiger partial charge >= 0.3 is 5.97 Å². The van der Waals surface area contributed by atoms with Gasteiger partial charge in [0.15, 0.2) is 17.4 Å². The summed E-state index contributed by atoms with van der Waals surface area (Å²) in [5.74, 6) is -5.99. The molecule has 1 unspecified atom stereocenters. The van der Waals surface area contributed by atoms with Crippen molar-refractivity contribution in [1.29, 1.82) is 0 Å². The number of carbonyl (C=O) groups is 3. The third-order valence-corrected chi connectivity index (χ3v) is 5.97. The van der Waals surface area contributed by atoms with Crippen molar-refractivity contribution >= 4 is 34.4 Å². The highest BCUT2D eigenvalue weighted by atomic mass is 19.1. The molecule has 1 saturated heterocycles. The van der Waals surface area contributed by atoms with Gasteiger partial charge in [0.05, 0.1) is 11.3 Å². The quantitative estimate of drug-likeness (QED) is 0.334. The van der Waals surface area contributed by atoms with E-state index in [4.69, 9.17) is 4.42 Å². The van der Waals surface area contributed by atoms with Crippen LogP contribution in [-0.2, 0) is 9.59 Å². The number of carboxylic acid groups (broad SMARTS) is 1. The number of aromatic carboxylic acids is 1. The highest BCUT2D eigenvalue weighted by Gasteiger charge is 2.37. The molecule has 2 aromatic carbocycles. The number of phenolic OH excluding ortho intramolecular Hbond substituents is 1. The minimum Gasteiger partial charge on any atom is -0.505 e. The van der Waals surface area contributed by atoms with Crippen LogP contribution in [0, 0.1) is 17.6 Å². The molecule has 1 fully saturated rings. The number of aromatic hydroxyl groups is 1. The molecule has 2 aliphatic heterocycles. The van der Waals surface area contributed by atoms with Crippen LogP contribution in [0.25, 0.3) is 33.4 Å². The number of imide groups is 1. The van der Waals surface area contributed by atoms with Gasteiger partial charge < -0.3 is 14.6 Å². The maximum atomic E-state index is 14.3. The number of anilines is 1. The Kier molecular flexibility index (Phi) is 4.90. The van der Waals surface area contributed by atoms with Crippen molar-refractivity contribution in [2.75, 3.05) is 4.90 Å². The minimum atomic E-state index is -1.43. The number of fused-ring (bicyclic) bond motifs is 2. The Balaban J connectivity index is 1.86. The predicted octanol–water partition coefficient (Wildman–Crippen LogP) is 4.15. The zero-order chi connectivity index (χ0) is 25.2. The topological polar surface area (TPSA) is 125 Å². The average Bonchev–Trinajstić information content (AvgIpc) is 3.05. The van der Waals surface area contributed by atoms with E-state index < -0.39 is 46.5 Å². The van der Waals surface area contributed by atoms with Gasteiger partial charge in [-0.3, -0.25) is 19.3 Å². The number of nitrogens with zero attached hydrogens (tertiary/aromatic N) is 1. The van der Waals surface area contributed by atoms with Crippen molar-refractivity contribution < 1.29 is 37.8 Å². The van der Waals surface area contributed by atoms with E-state index in [0.29, 0.717) is 0 Å². The summed E-state index contributed by atoms with van der Waals surface area (Å²) in [5, 5.41) is 19.8. The highest BCUT2D eigenvalue weighted by Crippen LogP contribution is 2.43. The second-order valence-electron chi connectivity index (χ2n) is 8.26. The first kappa shape index (κ1) is 22.2. The first-order chi connectivity index (χ1) is 16.6. The van der Waals surface area contributed by atoms with Crippen LogP contribution in [0.15, 0.2) is 51.7 Å². The molecule has 2 amide bonds. The molecule has 1 atom stereocenters. The molecule has 0 bridgehead atoms. The summed E-state index contributed by atoms with van der Waals surface area (Å²) >= 11 is 0. The van der Waals surface area contributed by atoms with Crippen molar-refractivity contribution in [3.8, 4) is 28.2 Å². The molecule has 10 heteroatoms. The standard InChI is InChI=1S/C25H15F2NO7/c1-10-4-22(31)28(24(10)32)11-2-3-12(13(5-11)25(33)34)23-14-6-16(26)18(29)8-20(14)35-21-9-19(30)17(27)7-15(21)23/h2-3,5-10,29H,4H2,1H3,(H,33,34). The van der Waals surface area contributed by atoms with Gasteiger partial charge in [0.2, 0.25) is 17.2 Å². The van der Waals surface area contributed by atoms with E-state index in [0.717, 1.165) is 35.2 Å². The van der Waals surface area contributed by atoms with Crippen molar-refractivity contribution in [2.45, 2.75) is 13.3 Å². The fraction of sp³-hybridized carbons (Fsp3) is 0.120. The van der Waals surface area contributed by atoms with E-state index in [-0.39, 0.29) is 51.1 Å². The van der Waals surface area contributed by atoms with Crippen LogP contribution < -0.4 is 10.3 Å². The zero-order valence-electron chi connectivity index (χ0n) is 18.0. The second-order valence-corrected chi connectivity index (χ2v) is 8.26. The third kappa shape index (κ3) is 3.41. The molecule has 0 spiro atoms. The number of carboxylic acids is 1. The molecule has 2 N–H and O–H groups in total. The maximum absolute atomic E-state index is 14.3. The lowest BCUT2D eigenvalue weighted by atomic mass is 9.90. The summed E-state index contributed by atoms with van der Waals surface area (Å²) in [6.45, 7) is 1.58. The third-order valence-electron chi connectivity index (χ3n) is 5.97. The lowest BCUT2D eigenvalue weighted by molar-refractivity contribution is -0.122. The van der Waals surface area contributed by atoms with Crippen LogP contribution in [0.2, 0.25) is 0 Å². The van der Waals surface area contributed by atoms with Crippen LogP contribution in [0.4, 0.5) is 14.5 Å². The normalized spacial score (nSPS) is 16.0. The molecule has 0 radical (unpaired) electrons. The van der Waals surface area contributed by atoms with E-state index in [1.807, 2.05) is 0 Å². The lowest BCUT2D eigenvalue weighted by Crippen LogP contribution is -2.30. The van der Waals surface area contributed by atoms with Gasteiger partial charge in [-0.25, -0.2) is 13.6 Å². The van der Waals surface area contributed by atoms with Crippen molar-refractivity contribution in [1.82, 2.24) is 0 Å². The molecule has 0 saturated carbocycles. The first-order valence-electron chi connectivity index (χ1n) is 10.4. The van der Waals surface area contributed by atoms with E-state index in [2.05, 4.69) is 0 Å². The van der Waals surface area contributed by atoms with E-state index >= 15 is 0 Å². The van der Waals surface area contributed by atoms with Crippen LogP contribution >= 0.6 is 0 Å². The Morgan fingerprint density at radius 3 is 2.43 bits per heavy atom. The van der Waals surface area contributed by atoms with Gasteiger partial charge in [0.25, 0.3) is 0 Å². The Hall–Kier alpha value is -4.60. The number of halogens is 2. The van der Waals surface area contributed by atoms with Crippen LogP contribution in [0.5, 0.6) is 5.75 Å². The average molecular weight is 479 g/mol. The van der Waals surface area contributed by atoms with Gasteiger partial charge in [-0.05, 0) is 29.8 Å². The number of carbonyl (C=O) groups excluding carboxylic acids is 2. The number of amides is 2. The number of hydrogen-bond donors (Lipinski definition) is 2. The van der Waals surface area contributed by atoms with Crippen LogP contribution in [0.1, 0.15) is 23.7 Å². The van der Waals surface area contributed by atoms with Gasteiger partial charge in [-0.2, -0.15) is 0 Å². The Bertz CT molecular complexity index is 1620. The minimum absolute atomic E-state index is 0.00282. The maximum Gasteiger partial charge on any atom is 0.336 e. The molecule has 176 valence electrons. The molecule has 2 heterocycles. The second kappa shape index (κ2) is 7.73. The number of benzene rings is 3. The Morgan fingerprint density at radius 2 is 1.77 bits per heavy atom. The fourth-order valence-electron chi connectivity index (χ4n) is 4.31. The summed E-state index contributed by atoms with van der Waals surface area (Å²) in [6.07, 6.45) is -0.0158. The summed E-state index contributed by atoms with van der Waals surface area (Å²) in [6, 6.07) is 7.38. The summed E-state index contributed by atoms with van der Waals surface area (Å²) < 4.78 is 34.2. The highest BCUT2D eigenvalue weighted by molar-refractivity contribution is 6.21. The number of rotatable bonds is 3. The van der Waals surface area contributed by atoms with Crippen molar-refractivity contribution in [3.63, 3.8) is 0 Å². The molecule has 8 nitrogen and oxygen atoms in total. The molecule has 2 aromatic rings. The summed E-state index contributed by atoms with van der Waals surface area (Å²) in [4.78, 5) is 49.8. The molecule has 0 aromatic heterocycles. The number of hydrogen-bond acceptors (Lipinski definition) is 6. The van der Waals surface area contributed by atoms with Crippen LogP contribution in [-0.4, -0.2) is 28.0 Å². The number of phenols is 1. The van der Waals surface area contributed by atoms with Crippen molar-refractivity contribution in [2.24, 2.45) is 5.92 Å². The summed E-state index contributed by atoms with van der Waals surface area (Å²) in [5.41, 5.74) is -1.40. The molecular formula is C25H15F2NO7. The van der Waals surface area contributed by atoms with Gasteiger partial charge in [0.1, 0.15) is 11.3 Å². The van der Waals surface area contributed by atoms with Gasteiger partial charge in [0, 0.05) is 41.0 Å². The fourth-order valence-corrected chi connectivity index (χ4v) is 4.31. The predicted molar refractivity (Wildman–Crippen MR) is 119 cm³/mol. The van der Waals surface area contributed by atoms with E-state index in [1.54, 1.807) is 6.92 Å². The molecule has 35 heavy (non-hydrogen) atoms. The van der Waals surface area contributed by atoms with E-state index in [9.17, 15) is 38.2 Å². The SMILES string of the molecule is CC1CC(=O)N(c2ccc(-c3c4cc(F)c(=O)cc-4oc4cc(O)c(F)cc34)c(C(=O)O)c2)C1=O. The largest absolute Gasteiger partial charge is 0.505 e. The zero-order valence-corrected chi connectivity index (χ0v) is 18.0. The van der Waals surface area contributed by atoms with Crippen molar-refractivity contribution in [3.05, 3.63) is 69.9 Å². The molecule has 1 aliphatic carbocycles. The molecule has 5 rings (SSSR count). The molecular weight excluding hydrogens is 464 g/mol. The Labute approximate surface area is 195 Å². The molecule has 3 aliphatic rings. The monoisotopic (exact) mass is 479 g/mol. The van der Waals surface area contributed by atoms with Crippen LogP contribution in [0.3, 0.4) is 0 Å².